The Labute approximate surface area is 168 Å². The zero-order chi connectivity index (χ0) is 20.1. The third-order valence-electron chi connectivity index (χ3n) is 4.01. The van der Waals surface area contributed by atoms with E-state index >= 15 is 0 Å². The van der Waals surface area contributed by atoms with E-state index in [1.54, 1.807) is 29.6 Å². The van der Waals surface area contributed by atoms with Crippen LogP contribution >= 0.6 is 11.3 Å². The SMILES string of the molecule is CCc1cccc(OCC(=O)Nc2nc(-c3ccc(S(C)(=O)=O)cc3)cs2)c1. The van der Waals surface area contributed by atoms with Gasteiger partial charge in [0.25, 0.3) is 5.91 Å². The number of nitrogens with zero attached hydrogens (tertiary/aromatic N) is 1. The van der Waals surface area contributed by atoms with Gasteiger partial charge in [-0.05, 0) is 36.2 Å². The number of aromatic nitrogens is 1. The number of amides is 1. The number of ether oxygens (including phenoxy) is 1. The number of aryl methyl sites for hydroxylation is 1. The maximum absolute atomic E-state index is 12.1. The Morgan fingerprint density at radius 3 is 2.61 bits per heavy atom. The van der Waals surface area contributed by atoms with Gasteiger partial charge in [0.2, 0.25) is 0 Å². The third kappa shape index (κ3) is 5.17. The van der Waals surface area contributed by atoms with E-state index in [4.69, 9.17) is 4.74 Å². The van der Waals surface area contributed by atoms with E-state index in [1.807, 2.05) is 24.3 Å². The summed E-state index contributed by atoms with van der Waals surface area (Å²) in [5, 5.41) is 4.97. The lowest BCUT2D eigenvalue weighted by Gasteiger charge is -2.07. The van der Waals surface area contributed by atoms with Crippen molar-refractivity contribution in [3.8, 4) is 17.0 Å². The summed E-state index contributed by atoms with van der Waals surface area (Å²) in [4.78, 5) is 16.7. The summed E-state index contributed by atoms with van der Waals surface area (Å²) in [6.07, 6.45) is 2.06. The number of hydrogen-bond donors (Lipinski definition) is 1. The van der Waals surface area contributed by atoms with Crippen molar-refractivity contribution < 1.29 is 17.9 Å². The minimum Gasteiger partial charge on any atom is -0.484 e. The molecule has 1 N–H and O–H groups in total. The summed E-state index contributed by atoms with van der Waals surface area (Å²) in [5.41, 5.74) is 2.58. The molecule has 8 heteroatoms. The van der Waals surface area contributed by atoms with Crippen LogP contribution in [0.4, 0.5) is 5.13 Å². The molecule has 1 aromatic heterocycles. The number of hydrogen-bond acceptors (Lipinski definition) is 6. The van der Waals surface area contributed by atoms with Gasteiger partial charge in [-0.15, -0.1) is 11.3 Å². The van der Waals surface area contributed by atoms with E-state index in [0.717, 1.165) is 17.5 Å². The Kier molecular flexibility index (Phi) is 6.11. The summed E-state index contributed by atoms with van der Waals surface area (Å²) >= 11 is 1.29. The fourth-order valence-corrected chi connectivity index (χ4v) is 3.86. The Hall–Kier alpha value is -2.71. The number of thiazole rings is 1. The molecule has 0 aliphatic rings. The molecule has 0 unspecified atom stereocenters. The lowest BCUT2D eigenvalue weighted by Crippen LogP contribution is -2.20. The topological polar surface area (TPSA) is 85.4 Å². The van der Waals surface area contributed by atoms with E-state index in [-0.39, 0.29) is 17.4 Å². The van der Waals surface area contributed by atoms with Crippen LogP contribution in [0.5, 0.6) is 5.75 Å². The normalized spacial score (nSPS) is 11.2. The Morgan fingerprint density at radius 1 is 1.18 bits per heavy atom. The molecule has 0 saturated carbocycles. The molecule has 1 amide bonds. The average molecular weight is 417 g/mol. The molecule has 0 atom stereocenters. The molecule has 28 heavy (non-hydrogen) atoms. The Morgan fingerprint density at radius 2 is 1.93 bits per heavy atom. The molecule has 0 fully saturated rings. The van der Waals surface area contributed by atoms with Gasteiger partial charge in [0.05, 0.1) is 10.6 Å². The maximum Gasteiger partial charge on any atom is 0.264 e. The highest BCUT2D eigenvalue weighted by Crippen LogP contribution is 2.26. The Bertz CT molecular complexity index is 1070. The molecule has 0 saturated heterocycles. The van der Waals surface area contributed by atoms with Crippen molar-refractivity contribution in [3.63, 3.8) is 0 Å². The molecule has 0 aliphatic heterocycles. The van der Waals surface area contributed by atoms with Gasteiger partial charge in [-0.1, -0.05) is 31.2 Å². The van der Waals surface area contributed by atoms with Crippen LogP contribution in [-0.4, -0.2) is 32.2 Å². The molecular formula is C20H20N2O4S2. The molecule has 0 spiro atoms. The summed E-state index contributed by atoms with van der Waals surface area (Å²) in [7, 11) is -3.23. The molecule has 146 valence electrons. The van der Waals surface area contributed by atoms with Crippen molar-refractivity contribution in [2.45, 2.75) is 18.2 Å². The summed E-state index contributed by atoms with van der Waals surface area (Å²) in [6.45, 7) is 1.95. The second kappa shape index (κ2) is 8.53. The summed E-state index contributed by atoms with van der Waals surface area (Å²) < 4.78 is 28.6. The van der Waals surface area contributed by atoms with Gasteiger partial charge in [-0.3, -0.25) is 10.1 Å². The molecule has 0 aliphatic carbocycles. The largest absolute Gasteiger partial charge is 0.484 e. The van der Waals surface area contributed by atoms with Gasteiger partial charge in [-0.2, -0.15) is 0 Å². The van der Waals surface area contributed by atoms with Gasteiger partial charge in [0.1, 0.15) is 5.75 Å². The van der Waals surface area contributed by atoms with Crippen molar-refractivity contribution in [2.75, 3.05) is 18.2 Å². The van der Waals surface area contributed by atoms with Crippen molar-refractivity contribution in [3.05, 3.63) is 59.5 Å². The second-order valence-electron chi connectivity index (χ2n) is 6.17. The molecule has 0 radical (unpaired) electrons. The monoisotopic (exact) mass is 416 g/mol. The molecule has 3 rings (SSSR count). The maximum atomic E-state index is 12.1. The molecule has 6 nitrogen and oxygen atoms in total. The fraction of sp³-hybridized carbons (Fsp3) is 0.200. The summed E-state index contributed by atoms with van der Waals surface area (Å²) in [5.74, 6) is 0.357. The summed E-state index contributed by atoms with van der Waals surface area (Å²) in [6, 6.07) is 14.1. The lowest BCUT2D eigenvalue weighted by atomic mass is 10.2. The standard InChI is InChI=1S/C20H20N2O4S2/c1-3-14-5-4-6-16(11-14)26-12-19(23)22-20-21-18(13-27-20)15-7-9-17(10-8-15)28(2,24)25/h4-11,13H,3,12H2,1-2H3,(H,21,22,23). The number of anilines is 1. The van der Waals surface area contributed by atoms with Crippen LogP contribution in [0.25, 0.3) is 11.3 Å². The van der Waals surface area contributed by atoms with Crippen LogP contribution in [0.15, 0.2) is 58.8 Å². The van der Waals surface area contributed by atoms with Crippen molar-refractivity contribution >= 4 is 32.2 Å². The minimum absolute atomic E-state index is 0.106. The van der Waals surface area contributed by atoms with Crippen LogP contribution < -0.4 is 10.1 Å². The van der Waals surface area contributed by atoms with Crippen molar-refractivity contribution in [1.29, 1.82) is 0 Å². The van der Waals surface area contributed by atoms with Crippen molar-refractivity contribution in [2.24, 2.45) is 0 Å². The van der Waals surface area contributed by atoms with Crippen LogP contribution in [0.1, 0.15) is 12.5 Å². The van der Waals surface area contributed by atoms with Crippen LogP contribution in [0, 0.1) is 0 Å². The van der Waals surface area contributed by atoms with Gasteiger partial charge in [0, 0.05) is 17.2 Å². The number of nitrogens with one attached hydrogen (secondary N) is 1. The number of rotatable bonds is 7. The molecule has 3 aromatic rings. The fourth-order valence-electron chi connectivity index (χ4n) is 2.50. The van der Waals surface area contributed by atoms with Gasteiger partial charge in [-0.25, -0.2) is 13.4 Å². The zero-order valence-electron chi connectivity index (χ0n) is 15.5. The number of carbonyl (C=O) groups is 1. The van der Waals surface area contributed by atoms with Gasteiger partial charge >= 0.3 is 0 Å². The minimum atomic E-state index is -3.23. The first-order valence-electron chi connectivity index (χ1n) is 8.63. The zero-order valence-corrected chi connectivity index (χ0v) is 17.1. The Balaban J connectivity index is 1.60. The van der Waals surface area contributed by atoms with E-state index in [9.17, 15) is 13.2 Å². The number of benzene rings is 2. The number of carbonyl (C=O) groups excluding carboxylic acids is 1. The van der Waals surface area contributed by atoms with E-state index in [0.29, 0.717) is 16.6 Å². The molecule has 0 bridgehead atoms. The lowest BCUT2D eigenvalue weighted by molar-refractivity contribution is -0.118. The second-order valence-corrected chi connectivity index (χ2v) is 9.05. The number of sulfone groups is 1. The highest BCUT2D eigenvalue weighted by Gasteiger charge is 2.11. The first kappa shape index (κ1) is 20.0. The van der Waals surface area contributed by atoms with Gasteiger partial charge in [0.15, 0.2) is 21.6 Å². The average Bonchev–Trinajstić information content (AvgIpc) is 3.14. The highest BCUT2D eigenvalue weighted by molar-refractivity contribution is 7.90. The molecular weight excluding hydrogens is 396 g/mol. The first-order chi connectivity index (χ1) is 13.3. The predicted molar refractivity (Wildman–Crippen MR) is 111 cm³/mol. The molecule has 2 aromatic carbocycles. The highest BCUT2D eigenvalue weighted by atomic mass is 32.2. The molecule has 1 heterocycles. The van der Waals surface area contributed by atoms with Crippen LogP contribution in [0.2, 0.25) is 0 Å². The van der Waals surface area contributed by atoms with E-state index in [1.165, 1.54) is 17.6 Å². The quantitative estimate of drug-likeness (QED) is 0.633. The third-order valence-corrected chi connectivity index (χ3v) is 5.89. The van der Waals surface area contributed by atoms with Crippen LogP contribution in [-0.2, 0) is 21.1 Å². The van der Waals surface area contributed by atoms with E-state index < -0.39 is 9.84 Å². The predicted octanol–water partition coefficient (Wildman–Crippen LogP) is 3.79. The first-order valence-corrected chi connectivity index (χ1v) is 11.4. The smallest absolute Gasteiger partial charge is 0.264 e. The van der Waals surface area contributed by atoms with Crippen molar-refractivity contribution in [1.82, 2.24) is 4.98 Å². The van der Waals surface area contributed by atoms with E-state index in [2.05, 4.69) is 17.2 Å². The van der Waals surface area contributed by atoms with Gasteiger partial charge < -0.3 is 4.74 Å². The van der Waals surface area contributed by atoms with Crippen LogP contribution in [0.3, 0.4) is 0 Å².